The van der Waals surface area contributed by atoms with Crippen molar-refractivity contribution >= 4 is 23.7 Å². The molecule has 0 fully saturated rings. The summed E-state index contributed by atoms with van der Waals surface area (Å²) in [5.74, 6) is -0.538. The number of nitrogens with zero attached hydrogens (tertiary/aromatic N) is 2. The number of hydrogen-bond acceptors (Lipinski definition) is 8. The van der Waals surface area contributed by atoms with Crippen LogP contribution in [0.1, 0.15) is 15.9 Å². The molecule has 0 bridgehead atoms. The van der Waals surface area contributed by atoms with Crippen LogP contribution in [0.5, 0.6) is 17.2 Å². The van der Waals surface area contributed by atoms with Gasteiger partial charge >= 0.3 is 5.69 Å². The summed E-state index contributed by atoms with van der Waals surface area (Å²) >= 11 is 0. The number of hydrogen-bond donors (Lipinski definition) is 3. The lowest BCUT2D eigenvalue weighted by molar-refractivity contribution is -0.385. The molecule has 3 N–H and O–H groups in total. The summed E-state index contributed by atoms with van der Waals surface area (Å²) in [6, 6.07) is 8.34. The number of carbonyl (C=O) groups excluding carboxylic acids is 2. The Labute approximate surface area is 164 Å². The molecule has 1 heterocycles. The zero-order chi connectivity index (χ0) is 20.8. The molecular weight excluding hydrogens is 384 g/mol. The first-order chi connectivity index (χ1) is 13.9. The summed E-state index contributed by atoms with van der Waals surface area (Å²) in [4.78, 5) is 34.0. The number of nitro benzene ring substituents is 1. The highest BCUT2D eigenvalue weighted by atomic mass is 16.6. The number of benzene rings is 2. The predicted molar refractivity (Wildman–Crippen MR) is 100 cm³/mol. The Balaban J connectivity index is 1.51. The van der Waals surface area contributed by atoms with Crippen molar-refractivity contribution in [3.63, 3.8) is 0 Å². The number of rotatable bonds is 6. The molecular formula is C18H16N4O7. The summed E-state index contributed by atoms with van der Waals surface area (Å²) in [5.41, 5.74) is 2.32. The van der Waals surface area contributed by atoms with Crippen molar-refractivity contribution in [3.8, 4) is 17.2 Å². The van der Waals surface area contributed by atoms with E-state index in [0.717, 1.165) is 12.1 Å². The first-order valence-corrected chi connectivity index (χ1v) is 8.41. The van der Waals surface area contributed by atoms with Gasteiger partial charge in [-0.15, -0.1) is 0 Å². The van der Waals surface area contributed by atoms with Gasteiger partial charge in [0.25, 0.3) is 11.8 Å². The van der Waals surface area contributed by atoms with Gasteiger partial charge in [-0.2, -0.15) is 5.10 Å². The van der Waals surface area contributed by atoms with E-state index in [2.05, 4.69) is 15.8 Å². The van der Waals surface area contributed by atoms with Crippen molar-refractivity contribution in [2.24, 2.45) is 5.10 Å². The summed E-state index contributed by atoms with van der Waals surface area (Å²) in [6.45, 7) is 0.500. The Morgan fingerprint density at radius 3 is 2.69 bits per heavy atom. The topological polar surface area (TPSA) is 152 Å². The second-order valence-electron chi connectivity index (χ2n) is 5.84. The molecule has 0 spiro atoms. The van der Waals surface area contributed by atoms with Crippen molar-refractivity contribution in [1.29, 1.82) is 0 Å². The van der Waals surface area contributed by atoms with E-state index in [-0.39, 0.29) is 6.54 Å². The lowest BCUT2D eigenvalue weighted by Crippen LogP contribution is -2.35. The third-order valence-corrected chi connectivity index (χ3v) is 3.81. The Morgan fingerprint density at radius 1 is 1.17 bits per heavy atom. The molecule has 150 valence electrons. The standard InChI is InChI=1S/C18H16N4O7/c23-14-3-1-11(7-13(14)22(26)27)9-20-21-17(24)10-19-18(25)12-2-4-15-16(8-12)29-6-5-28-15/h1-4,7-9,23H,5-6,10H2,(H,19,25)(H,21,24). The fraction of sp³-hybridized carbons (Fsp3) is 0.167. The molecule has 11 heteroatoms. The number of nitrogens with one attached hydrogen (secondary N) is 2. The normalized spacial score (nSPS) is 12.4. The number of fused-ring (bicyclic) bond motifs is 1. The molecule has 0 saturated carbocycles. The number of hydrazone groups is 1. The largest absolute Gasteiger partial charge is 0.502 e. The van der Waals surface area contributed by atoms with Crippen LogP contribution in [0.15, 0.2) is 41.5 Å². The smallest absolute Gasteiger partial charge is 0.311 e. The van der Waals surface area contributed by atoms with E-state index in [1.54, 1.807) is 12.1 Å². The molecule has 0 atom stereocenters. The van der Waals surface area contributed by atoms with E-state index in [0.29, 0.717) is 35.8 Å². The van der Waals surface area contributed by atoms with Gasteiger partial charge in [0.05, 0.1) is 17.7 Å². The van der Waals surface area contributed by atoms with Crippen LogP contribution in [0.3, 0.4) is 0 Å². The van der Waals surface area contributed by atoms with Crippen LogP contribution in [0.4, 0.5) is 5.69 Å². The van der Waals surface area contributed by atoms with Gasteiger partial charge in [-0.25, -0.2) is 5.43 Å². The molecule has 2 aromatic carbocycles. The number of phenols is 1. The highest BCUT2D eigenvalue weighted by Gasteiger charge is 2.15. The van der Waals surface area contributed by atoms with Gasteiger partial charge < -0.3 is 19.9 Å². The second-order valence-corrected chi connectivity index (χ2v) is 5.84. The van der Waals surface area contributed by atoms with Crippen LogP contribution in [-0.4, -0.2) is 47.8 Å². The van der Waals surface area contributed by atoms with Crippen LogP contribution in [0.25, 0.3) is 0 Å². The van der Waals surface area contributed by atoms with E-state index >= 15 is 0 Å². The van der Waals surface area contributed by atoms with E-state index in [1.807, 2.05) is 0 Å². The molecule has 0 saturated heterocycles. The lowest BCUT2D eigenvalue weighted by atomic mass is 10.2. The number of amides is 2. The first kappa shape index (κ1) is 19.6. The van der Waals surface area contributed by atoms with Gasteiger partial charge in [0.2, 0.25) is 0 Å². The maximum absolute atomic E-state index is 12.2. The minimum atomic E-state index is -0.737. The molecule has 0 radical (unpaired) electrons. The van der Waals surface area contributed by atoms with Crippen LogP contribution in [0, 0.1) is 10.1 Å². The van der Waals surface area contributed by atoms with Crippen LogP contribution in [0.2, 0.25) is 0 Å². The van der Waals surface area contributed by atoms with Gasteiger partial charge in [-0.05, 0) is 30.3 Å². The highest BCUT2D eigenvalue weighted by molar-refractivity contribution is 5.97. The number of ether oxygens (including phenoxy) is 2. The van der Waals surface area contributed by atoms with Gasteiger partial charge in [0.1, 0.15) is 13.2 Å². The molecule has 0 unspecified atom stereocenters. The summed E-state index contributed by atoms with van der Waals surface area (Å²) < 4.78 is 10.8. The van der Waals surface area contributed by atoms with Crippen molar-refractivity contribution in [2.75, 3.05) is 19.8 Å². The van der Waals surface area contributed by atoms with Crippen molar-refractivity contribution in [3.05, 3.63) is 57.6 Å². The zero-order valence-corrected chi connectivity index (χ0v) is 15.0. The quantitative estimate of drug-likeness (QED) is 0.371. The van der Waals surface area contributed by atoms with Crippen LogP contribution >= 0.6 is 0 Å². The molecule has 1 aliphatic heterocycles. The lowest BCUT2D eigenvalue weighted by Gasteiger charge is -2.18. The maximum atomic E-state index is 12.2. The van der Waals surface area contributed by atoms with Crippen molar-refractivity contribution < 1.29 is 29.1 Å². The predicted octanol–water partition coefficient (Wildman–Crippen LogP) is 0.952. The van der Waals surface area contributed by atoms with Gasteiger partial charge in [0.15, 0.2) is 17.2 Å². The molecule has 29 heavy (non-hydrogen) atoms. The fourth-order valence-corrected chi connectivity index (χ4v) is 2.43. The zero-order valence-electron chi connectivity index (χ0n) is 15.0. The Kier molecular flexibility index (Phi) is 5.88. The molecule has 0 aromatic heterocycles. The Hall–Kier alpha value is -4.15. The first-order valence-electron chi connectivity index (χ1n) is 8.41. The molecule has 0 aliphatic carbocycles. The minimum Gasteiger partial charge on any atom is -0.502 e. The van der Waals surface area contributed by atoms with E-state index < -0.39 is 28.2 Å². The average molecular weight is 400 g/mol. The van der Waals surface area contributed by atoms with Gasteiger partial charge in [-0.3, -0.25) is 19.7 Å². The number of carbonyl (C=O) groups is 2. The summed E-state index contributed by atoms with van der Waals surface area (Å²) in [6.07, 6.45) is 1.17. The Morgan fingerprint density at radius 2 is 1.93 bits per heavy atom. The Bertz CT molecular complexity index is 990. The molecule has 2 amide bonds. The summed E-state index contributed by atoms with van der Waals surface area (Å²) in [7, 11) is 0. The second kappa shape index (κ2) is 8.69. The van der Waals surface area contributed by atoms with Crippen molar-refractivity contribution in [2.45, 2.75) is 0 Å². The van der Waals surface area contributed by atoms with Gasteiger partial charge in [0, 0.05) is 17.2 Å². The van der Waals surface area contributed by atoms with Crippen molar-refractivity contribution in [1.82, 2.24) is 10.7 Å². The maximum Gasteiger partial charge on any atom is 0.311 e. The van der Waals surface area contributed by atoms with Crippen LogP contribution < -0.4 is 20.2 Å². The summed E-state index contributed by atoms with van der Waals surface area (Å²) in [5, 5.41) is 26.3. The van der Waals surface area contributed by atoms with E-state index in [4.69, 9.17) is 9.47 Å². The number of nitro groups is 1. The SMILES string of the molecule is O=C(CNC(=O)c1ccc2c(c1)OCCO2)NN=Cc1ccc(O)c([N+](=O)[O-])c1. The average Bonchev–Trinajstić information content (AvgIpc) is 2.72. The molecule has 11 nitrogen and oxygen atoms in total. The third kappa shape index (κ3) is 4.97. The van der Waals surface area contributed by atoms with E-state index in [9.17, 15) is 24.8 Å². The third-order valence-electron chi connectivity index (χ3n) is 3.81. The molecule has 1 aliphatic rings. The van der Waals surface area contributed by atoms with Gasteiger partial charge in [-0.1, -0.05) is 0 Å². The molecule has 2 aromatic rings. The van der Waals surface area contributed by atoms with E-state index in [1.165, 1.54) is 18.3 Å². The number of phenolic OH excluding ortho intramolecular Hbond substituents is 1. The fourth-order valence-electron chi connectivity index (χ4n) is 2.43. The number of aromatic hydroxyl groups is 1. The minimum absolute atomic E-state index is 0.301. The molecule has 3 rings (SSSR count). The monoisotopic (exact) mass is 400 g/mol. The highest BCUT2D eigenvalue weighted by Crippen LogP contribution is 2.30. The van der Waals surface area contributed by atoms with Crippen LogP contribution in [-0.2, 0) is 4.79 Å².